The van der Waals surface area contributed by atoms with Crippen LogP contribution in [0.25, 0.3) is 10.9 Å². The third-order valence-corrected chi connectivity index (χ3v) is 7.68. The molecular formula is C29H32F4N2O5. The lowest BCUT2D eigenvalue weighted by molar-refractivity contribution is -0.141. The highest BCUT2D eigenvalue weighted by Crippen LogP contribution is 2.43. The number of aliphatic hydroxyl groups is 1. The molecule has 1 aliphatic heterocycles. The van der Waals surface area contributed by atoms with E-state index in [0.717, 1.165) is 6.07 Å². The summed E-state index contributed by atoms with van der Waals surface area (Å²) in [5.74, 6) is -4.48. The zero-order chi connectivity index (χ0) is 28.9. The third-order valence-electron chi connectivity index (χ3n) is 7.68. The fraction of sp³-hybridized carbons (Fsp3) is 0.448. The molecule has 11 heteroatoms. The number of alkyl halides is 1. The van der Waals surface area contributed by atoms with Crippen LogP contribution in [0.5, 0.6) is 11.5 Å². The zero-order valence-electron chi connectivity index (χ0n) is 22.1. The minimum absolute atomic E-state index is 0.0131. The quantitative estimate of drug-likeness (QED) is 0.219. The normalized spacial score (nSPS) is 16.1. The van der Waals surface area contributed by atoms with Crippen LogP contribution in [0.15, 0.2) is 36.5 Å². The molecule has 0 radical (unpaired) electrons. The predicted octanol–water partition coefficient (Wildman–Crippen LogP) is 5.58. The average Bonchev–Trinajstić information content (AvgIpc) is 2.94. The Labute approximate surface area is 229 Å². The van der Waals surface area contributed by atoms with Crippen molar-refractivity contribution in [1.29, 1.82) is 0 Å². The van der Waals surface area contributed by atoms with Crippen molar-refractivity contribution in [3.05, 3.63) is 65.1 Å². The lowest BCUT2D eigenvalue weighted by Gasteiger charge is -2.41. The Kier molecular flexibility index (Phi) is 9.47. The third kappa shape index (κ3) is 6.82. The van der Waals surface area contributed by atoms with Gasteiger partial charge in [-0.05, 0) is 62.4 Å². The first kappa shape index (κ1) is 29.5. The number of carbonyl (C=O) groups is 1. The van der Waals surface area contributed by atoms with Gasteiger partial charge in [0.05, 0.1) is 25.7 Å². The van der Waals surface area contributed by atoms with Crippen LogP contribution < -0.4 is 9.47 Å². The Bertz CT molecular complexity index is 1340. The summed E-state index contributed by atoms with van der Waals surface area (Å²) in [7, 11) is 1.50. The van der Waals surface area contributed by atoms with Gasteiger partial charge >= 0.3 is 5.97 Å². The number of methoxy groups -OCH3 is 1. The Morgan fingerprint density at radius 3 is 2.60 bits per heavy atom. The van der Waals surface area contributed by atoms with Crippen molar-refractivity contribution in [2.75, 3.05) is 33.4 Å². The standard InChI is InChI=1S/C29H32F4N2O5/c1-39-20-2-3-24-21(14-20)27(18(17-36)16-34-24)22(31)4-5-29(15-26(37)38)6-8-35(9-7-29)10-11-40-25-13-19(30)12-23(32)28(25)33/h2-3,12-14,16,22,36H,4-11,15,17H2,1H3,(H,37,38)/t22-/m1/s1. The molecule has 7 nitrogen and oxygen atoms in total. The SMILES string of the molecule is COc1ccc2ncc(CO)c([C@H](F)CCC3(CC(=O)O)CCN(CCOc4cc(F)cc(F)c4F)CC3)c2c1. The van der Waals surface area contributed by atoms with Crippen LogP contribution in [0, 0.1) is 22.9 Å². The molecular weight excluding hydrogens is 532 g/mol. The lowest BCUT2D eigenvalue weighted by Crippen LogP contribution is -2.42. The minimum atomic E-state index is -1.46. The van der Waals surface area contributed by atoms with Crippen molar-refractivity contribution in [2.45, 2.75) is 44.9 Å². The van der Waals surface area contributed by atoms with Crippen molar-refractivity contribution in [3.8, 4) is 11.5 Å². The molecule has 0 bridgehead atoms. The summed E-state index contributed by atoms with van der Waals surface area (Å²) in [6.45, 7) is 0.951. The number of aliphatic carboxylic acids is 1. The molecule has 1 fully saturated rings. The van der Waals surface area contributed by atoms with Gasteiger partial charge in [-0.2, -0.15) is 4.39 Å². The monoisotopic (exact) mass is 564 g/mol. The summed E-state index contributed by atoms with van der Waals surface area (Å²) in [5, 5.41) is 20.0. The summed E-state index contributed by atoms with van der Waals surface area (Å²) in [5.41, 5.74) is 0.621. The largest absolute Gasteiger partial charge is 0.497 e. The highest BCUT2D eigenvalue weighted by molar-refractivity contribution is 5.85. The first-order valence-corrected chi connectivity index (χ1v) is 13.1. The number of hydrogen-bond donors (Lipinski definition) is 2. The number of rotatable bonds is 12. The summed E-state index contributed by atoms with van der Waals surface area (Å²) in [4.78, 5) is 18.0. The highest BCUT2D eigenvalue weighted by atomic mass is 19.2. The second-order valence-electron chi connectivity index (χ2n) is 10.2. The average molecular weight is 565 g/mol. The van der Waals surface area contributed by atoms with Gasteiger partial charge in [0.15, 0.2) is 11.6 Å². The molecule has 3 aromatic rings. The number of aromatic nitrogens is 1. The molecule has 0 unspecified atom stereocenters. The number of carboxylic acid groups (broad SMARTS) is 1. The molecule has 0 saturated carbocycles. The van der Waals surface area contributed by atoms with Crippen LogP contribution in [-0.4, -0.2) is 59.4 Å². The van der Waals surface area contributed by atoms with Crippen molar-refractivity contribution in [2.24, 2.45) is 5.41 Å². The molecule has 1 saturated heterocycles. The molecule has 0 spiro atoms. The first-order chi connectivity index (χ1) is 19.1. The molecule has 2 N–H and O–H groups in total. The Morgan fingerprint density at radius 2 is 1.93 bits per heavy atom. The number of halogens is 4. The van der Waals surface area contributed by atoms with Gasteiger partial charge in [-0.15, -0.1) is 0 Å². The van der Waals surface area contributed by atoms with E-state index in [1.807, 2.05) is 4.90 Å². The Balaban J connectivity index is 1.41. The van der Waals surface area contributed by atoms with Crippen molar-refractivity contribution in [3.63, 3.8) is 0 Å². The minimum Gasteiger partial charge on any atom is -0.497 e. The molecule has 0 amide bonds. The van der Waals surface area contributed by atoms with Gasteiger partial charge < -0.3 is 19.7 Å². The van der Waals surface area contributed by atoms with E-state index in [1.165, 1.54) is 13.3 Å². The van der Waals surface area contributed by atoms with E-state index >= 15 is 4.39 Å². The van der Waals surface area contributed by atoms with Crippen LogP contribution >= 0.6 is 0 Å². The van der Waals surface area contributed by atoms with Crippen LogP contribution in [0.2, 0.25) is 0 Å². The van der Waals surface area contributed by atoms with E-state index in [0.29, 0.717) is 72.7 Å². The predicted molar refractivity (Wildman–Crippen MR) is 139 cm³/mol. The van der Waals surface area contributed by atoms with Crippen LogP contribution in [0.4, 0.5) is 17.6 Å². The summed E-state index contributed by atoms with van der Waals surface area (Å²) >= 11 is 0. The van der Waals surface area contributed by atoms with Crippen molar-refractivity contribution >= 4 is 16.9 Å². The maximum absolute atomic E-state index is 15.9. The van der Waals surface area contributed by atoms with Gasteiger partial charge in [0, 0.05) is 41.4 Å². The van der Waals surface area contributed by atoms with Gasteiger partial charge in [0.1, 0.15) is 24.3 Å². The molecule has 0 aliphatic carbocycles. The van der Waals surface area contributed by atoms with Crippen LogP contribution in [-0.2, 0) is 11.4 Å². The van der Waals surface area contributed by atoms with Crippen LogP contribution in [0.1, 0.15) is 49.4 Å². The van der Waals surface area contributed by atoms with Crippen LogP contribution in [0.3, 0.4) is 0 Å². The Hall–Kier alpha value is -3.44. The van der Waals surface area contributed by atoms with E-state index in [2.05, 4.69) is 4.98 Å². The number of aliphatic hydroxyl groups excluding tert-OH is 1. The van der Waals surface area contributed by atoms with E-state index in [4.69, 9.17) is 9.47 Å². The summed E-state index contributed by atoms with van der Waals surface area (Å²) < 4.78 is 67.0. The molecule has 40 heavy (non-hydrogen) atoms. The maximum atomic E-state index is 15.9. The molecule has 2 aromatic carbocycles. The smallest absolute Gasteiger partial charge is 0.303 e. The molecule has 1 aliphatic rings. The van der Waals surface area contributed by atoms with E-state index in [9.17, 15) is 28.2 Å². The highest BCUT2D eigenvalue weighted by Gasteiger charge is 2.37. The fourth-order valence-corrected chi connectivity index (χ4v) is 5.44. The molecule has 4 rings (SSSR count). The van der Waals surface area contributed by atoms with Crippen molar-refractivity contribution in [1.82, 2.24) is 9.88 Å². The molecule has 2 heterocycles. The number of benzene rings is 2. The van der Waals surface area contributed by atoms with Gasteiger partial charge in [0.2, 0.25) is 5.82 Å². The number of pyridine rings is 1. The van der Waals surface area contributed by atoms with Gasteiger partial charge in [0.25, 0.3) is 0 Å². The molecule has 216 valence electrons. The zero-order valence-corrected chi connectivity index (χ0v) is 22.1. The number of carboxylic acids is 1. The fourth-order valence-electron chi connectivity index (χ4n) is 5.44. The Morgan fingerprint density at radius 1 is 1.18 bits per heavy atom. The summed E-state index contributed by atoms with van der Waals surface area (Å²) in [6, 6.07) is 6.34. The van der Waals surface area contributed by atoms with E-state index in [-0.39, 0.29) is 26.1 Å². The number of fused-ring (bicyclic) bond motifs is 1. The second-order valence-corrected chi connectivity index (χ2v) is 10.2. The lowest BCUT2D eigenvalue weighted by atomic mass is 9.71. The number of hydrogen-bond acceptors (Lipinski definition) is 6. The van der Waals surface area contributed by atoms with Crippen molar-refractivity contribution < 1.29 is 42.0 Å². The van der Waals surface area contributed by atoms with Gasteiger partial charge in [-0.25, -0.2) is 13.2 Å². The van der Waals surface area contributed by atoms with Gasteiger partial charge in [-0.3, -0.25) is 14.7 Å². The number of ether oxygens (including phenoxy) is 2. The summed E-state index contributed by atoms with van der Waals surface area (Å²) in [6.07, 6.45) is 1.24. The van der Waals surface area contributed by atoms with E-state index < -0.39 is 40.8 Å². The number of nitrogens with zero attached hydrogens (tertiary/aromatic N) is 2. The number of piperidine rings is 1. The number of likely N-dealkylation sites (tertiary alicyclic amines) is 1. The molecule has 1 atom stereocenters. The van der Waals surface area contributed by atoms with E-state index in [1.54, 1.807) is 18.2 Å². The first-order valence-electron chi connectivity index (χ1n) is 13.1. The topological polar surface area (TPSA) is 92.1 Å². The second kappa shape index (κ2) is 12.8. The molecule has 1 aromatic heterocycles. The maximum Gasteiger partial charge on any atom is 0.303 e. The van der Waals surface area contributed by atoms with Gasteiger partial charge in [-0.1, -0.05) is 0 Å².